The fourth-order valence-electron chi connectivity index (χ4n) is 2.79. The van der Waals surface area contributed by atoms with Crippen molar-refractivity contribution in [1.29, 1.82) is 0 Å². The molecule has 1 fully saturated rings. The van der Waals surface area contributed by atoms with Crippen molar-refractivity contribution in [3.8, 4) is 11.5 Å². The quantitative estimate of drug-likeness (QED) is 0.463. The zero-order chi connectivity index (χ0) is 21.0. The first-order chi connectivity index (χ1) is 13.9. The summed E-state index contributed by atoms with van der Waals surface area (Å²) in [5, 5.41) is 2.20. The number of imide groups is 2. The standard InChI is InChI=1S/C22H20N2O5/c1-4-11-29-18-10-7-15(13-19(18)28-3)12-17-20(25)23-22(27)24(21(17)26)16-8-5-14(2)6-9-16/h4-10,12-13H,1,11H2,2-3H3,(H,23,25,27)/b17-12+. The number of anilines is 1. The van der Waals surface area contributed by atoms with Crippen molar-refractivity contribution in [3.63, 3.8) is 0 Å². The largest absolute Gasteiger partial charge is 0.493 e. The van der Waals surface area contributed by atoms with Crippen molar-refractivity contribution in [2.45, 2.75) is 6.92 Å². The summed E-state index contributed by atoms with van der Waals surface area (Å²) in [6.45, 7) is 5.80. The van der Waals surface area contributed by atoms with Gasteiger partial charge in [-0.1, -0.05) is 36.4 Å². The summed E-state index contributed by atoms with van der Waals surface area (Å²) in [5.41, 5.74) is 1.75. The lowest BCUT2D eigenvalue weighted by Gasteiger charge is -2.26. The highest BCUT2D eigenvalue weighted by atomic mass is 16.5. The van der Waals surface area contributed by atoms with Gasteiger partial charge in [-0.05, 0) is 42.8 Å². The Morgan fingerprint density at radius 3 is 2.45 bits per heavy atom. The average molecular weight is 392 g/mol. The number of nitrogens with one attached hydrogen (secondary N) is 1. The van der Waals surface area contributed by atoms with Gasteiger partial charge in [-0.25, -0.2) is 9.69 Å². The van der Waals surface area contributed by atoms with E-state index in [0.717, 1.165) is 10.5 Å². The highest BCUT2D eigenvalue weighted by Gasteiger charge is 2.36. The number of benzene rings is 2. The number of ether oxygens (including phenoxy) is 2. The van der Waals surface area contributed by atoms with E-state index < -0.39 is 17.8 Å². The number of carbonyl (C=O) groups is 3. The molecule has 3 rings (SSSR count). The maximum Gasteiger partial charge on any atom is 0.335 e. The average Bonchev–Trinajstić information content (AvgIpc) is 2.71. The van der Waals surface area contributed by atoms with Crippen LogP contribution in [0.4, 0.5) is 10.5 Å². The van der Waals surface area contributed by atoms with Gasteiger partial charge in [-0.15, -0.1) is 0 Å². The molecule has 0 aliphatic carbocycles. The lowest BCUT2D eigenvalue weighted by molar-refractivity contribution is -0.122. The first kappa shape index (κ1) is 19.9. The Balaban J connectivity index is 1.96. The topological polar surface area (TPSA) is 84.9 Å². The second-order valence-electron chi connectivity index (χ2n) is 6.30. The Morgan fingerprint density at radius 1 is 1.07 bits per heavy atom. The lowest BCUT2D eigenvalue weighted by Crippen LogP contribution is -2.54. The van der Waals surface area contributed by atoms with Gasteiger partial charge in [0.25, 0.3) is 11.8 Å². The maximum atomic E-state index is 12.9. The third-order valence-corrected chi connectivity index (χ3v) is 4.25. The molecule has 1 N–H and O–H groups in total. The van der Waals surface area contributed by atoms with Crippen LogP contribution in [0.5, 0.6) is 11.5 Å². The molecule has 7 nitrogen and oxygen atoms in total. The Kier molecular flexibility index (Phi) is 5.78. The van der Waals surface area contributed by atoms with Crippen LogP contribution in [0.2, 0.25) is 0 Å². The van der Waals surface area contributed by atoms with E-state index in [-0.39, 0.29) is 5.57 Å². The van der Waals surface area contributed by atoms with E-state index in [9.17, 15) is 14.4 Å². The van der Waals surface area contributed by atoms with Crippen molar-refractivity contribution in [3.05, 3.63) is 71.8 Å². The van der Waals surface area contributed by atoms with Gasteiger partial charge >= 0.3 is 6.03 Å². The number of amides is 4. The molecule has 2 aromatic carbocycles. The fourth-order valence-corrected chi connectivity index (χ4v) is 2.79. The molecule has 1 heterocycles. The second kappa shape index (κ2) is 8.43. The number of aryl methyl sites for hydroxylation is 1. The molecule has 0 spiro atoms. The Labute approximate surface area is 168 Å². The molecule has 0 radical (unpaired) electrons. The van der Waals surface area contributed by atoms with Crippen LogP contribution in [0.1, 0.15) is 11.1 Å². The van der Waals surface area contributed by atoms with Crippen molar-refractivity contribution in [2.24, 2.45) is 0 Å². The Hall–Kier alpha value is -3.87. The summed E-state index contributed by atoms with van der Waals surface area (Å²) in [6, 6.07) is 11.1. The first-order valence-corrected chi connectivity index (χ1v) is 8.84. The van der Waals surface area contributed by atoms with Crippen LogP contribution in [-0.2, 0) is 9.59 Å². The van der Waals surface area contributed by atoms with E-state index in [1.165, 1.54) is 13.2 Å². The van der Waals surface area contributed by atoms with Gasteiger partial charge < -0.3 is 9.47 Å². The molecular formula is C22H20N2O5. The predicted molar refractivity (Wildman–Crippen MR) is 109 cm³/mol. The third-order valence-electron chi connectivity index (χ3n) is 4.25. The number of hydrogen-bond acceptors (Lipinski definition) is 5. The minimum atomic E-state index is -0.785. The lowest BCUT2D eigenvalue weighted by atomic mass is 10.1. The summed E-state index contributed by atoms with van der Waals surface area (Å²) in [4.78, 5) is 38.4. The molecule has 1 aliphatic rings. The van der Waals surface area contributed by atoms with Gasteiger partial charge in [0.05, 0.1) is 12.8 Å². The maximum absolute atomic E-state index is 12.9. The molecule has 4 amide bonds. The molecule has 0 bridgehead atoms. The third kappa shape index (κ3) is 4.19. The number of hydrogen-bond donors (Lipinski definition) is 1. The van der Waals surface area contributed by atoms with E-state index in [1.807, 2.05) is 6.92 Å². The van der Waals surface area contributed by atoms with Crippen LogP contribution >= 0.6 is 0 Å². The molecule has 0 unspecified atom stereocenters. The van der Waals surface area contributed by atoms with Gasteiger partial charge in [-0.3, -0.25) is 14.9 Å². The molecule has 1 saturated heterocycles. The number of nitrogens with zero attached hydrogens (tertiary/aromatic N) is 1. The molecule has 2 aromatic rings. The van der Waals surface area contributed by atoms with Gasteiger partial charge in [0.15, 0.2) is 11.5 Å². The van der Waals surface area contributed by atoms with Crippen LogP contribution in [0.25, 0.3) is 6.08 Å². The highest BCUT2D eigenvalue weighted by molar-refractivity contribution is 6.39. The van der Waals surface area contributed by atoms with Crippen LogP contribution in [-0.4, -0.2) is 31.6 Å². The summed E-state index contributed by atoms with van der Waals surface area (Å²) >= 11 is 0. The predicted octanol–water partition coefficient (Wildman–Crippen LogP) is 3.23. The molecular weight excluding hydrogens is 372 g/mol. The minimum Gasteiger partial charge on any atom is -0.493 e. The normalized spacial score (nSPS) is 15.3. The zero-order valence-electron chi connectivity index (χ0n) is 16.1. The molecule has 0 saturated carbocycles. The van der Waals surface area contributed by atoms with Crippen LogP contribution in [0, 0.1) is 6.92 Å². The minimum absolute atomic E-state index is 0.160. The fraction of sp³-hybridized carbons (Fsp3) is 0.136. The number of urea groups is 1. The van der Waals surface area contributed by atoms with E-state index >= 15 is 0 Å². The monoisotopic (exact) mass is 392 g/mol. The van der Waals surface area contributed by atoms with E-state index in [2.05, 4.69) is 11.9 Å². The van der Waals surface area contributed by atoms with E-state index in [0.29, 0.717) is 29.4 Å². The molecule has 1 aliphatic heterocycles. The van der Waals surface area contributed by atoms with Crippen LogP contribution < -0.4 is 19.7 Å². The van der Waals surface area contributed by atoms with Crippen molar-refractivity contribution >= 4 is 29.6 Å². The summed E-state index contributed by atoms with van der Waals surface area (Å²) in [5.74, 6) is -0.510. The van der Waals surface area contributed by atoms with Gasteiger partial charge in [0.2, 0.25) is 0 Å². The number of methoxy groups -OCH3 is 1. The van der Waals surface area contributed by atoms with E-state index in [4.69, 9.17) is 9.47 Å². The molecule has 29 heavy (non-hydrogen) atoms. The zero-order valence-corrected chi connectivity index (χ0v) is 16.1. The second-order valence-corrected chi connectivity index (χ2v) is 6.30. The molecule has 0 aromatic heterocycles. The highest BCUT2D eigenvalue weighted by Crippen LogP contribution is 2.30. The molecule has 7 heteroatoms. The number of carbonyl (C=O) groups excluding carboxylic acids is 3. The van der Waals surface area contributed by atoms with Gasteiger partial charge in [-0.2, -0.15) is 0 Å². The molecule has 0 atom stereocenters. The van der Waals surface area contributed by atoms with Crippen molar-refractivity contribution in [2.75, 3.05) is 18.6 Å². The van der Waals surface area contributed by atoms with Crippen LogP contribution in [0.15, 0.2) is 60.7 Å². The van der Waals surface area contributed by atoms with Gasteiger partial charge in [0, 0.05) is 0 Å². The summed E-state index contributed by atoms with van der Waals surface area (Å²) in [7, 11) is 1.49. The smallest absolute Gasteiger partial charge is 0.335 e. The first-order valence-electron chi connectivity index (χ1n) is 8.84. The summed E-state index contributed by atoms with van der Waals surface area (Å²) < 4.78 is 10.8. The number of barbiturate groups is 1. The Morgan fingerprint density at radius 2 is 1.79 bits per heavy atom. The van der Waals surface area contributed by atoms with Crippen LogP contribution in [0.3, 0.4) is 0 Å². The number of rotatable bonds is 6. The molecule has 148 valence electrons. The van der Waals surface area contributed by atoms with Crippen molar-refractivity contribution in [1.82, 2.24) is 5.32 Å². The van der Waals surface area contributed by atoms with Crippen molar-refractivity contribution < 1.29 is 23.9 Å². The SMILES string of the molecule is C=CCOc1ccc(/C=C2\C(=O)NC(=O)N(c3ccc(C)cc3)C2=O)cc1OC. The van der Waals surface area contributed by atoms with E-state index in [1.54, 1.807) is 48.5 Å². The Bertz CT molecular complexity index is 1010. The van der Waals surface area contributed by atoms with Gasteiger partial charge in [0.1, 0.15) is 12.2 Å². The summed E-state index contributed by atoms with van der Waals surface area (Å²) in [6.07, 6.45) is 3.02.